The van der Waals surface area contributed by atoms with Crippen molar-refractivity contribution in [2.24, 2.45) is 5.92 Å². The molecule has 0 radical (unpaired) electrons. The van der Waals surface area contributed by atoms with Gasteiger partial charge in [-0.15, -0.1) is 6.58 Å². The fourth-order valence-corrected chi connectivity index (χ4v) is 3.93. The lowest BCUT2D eigenvalue weighted by atomic mass is 10.0. The summed E-state index contributed by atoms with van der Waals surface area (Å²) in [7, 11) is -3.55. The van der Waals surface area contributed by atoms with Crippen LogP contribution in [0.3, 0.4) is 0 Å². The Balaban J connectivity index is 2.16. The summed E-state index contributed by atoms with van der Waals surface area (Å²) in [5.74, 6) is 0.397. The minimum atomic E-state index is -3.55. The molecule has 0 unspecified atom stereocenters. The van der Waals surface area contributed by atoms with Crippen LogP contribution in [-0.2, 0) is 10.0 Å². The molecule has 0 bridgehead atoms. The minimum absolute atomic E-state index is 0.0239. The van der Waals surface area contributed by atoms with Gasteiger partial charge in [0.05, 0.1) is 4.90 Å². The largest absolute Gasteiger partial charge is 0.335 e. The van der Waals surface area contributed by atoms with Crippen LogP contribution >= 0.6 is 0 Å². The van der Waals surface area contributed by atoms with Crippen LogP contribution < -0.4 is 4.72 Å². The first-order valence-electron chi connectivity index (χ1n) is 7.88. The third kappa shape index (κ3) is 4.00. The molecule has 1 aromatic rings. The molecule has 0 aromatic heterocycles. The van der Waals surface area contributed by atoms with E-state index in [4.69, 9.17) is 0 Å². The van der Waals surface area contributed by atoms with E-state index in [-0.39, 0.29) is 23.4 Å². The highest BCUT2D eigenvalue weighted by Crippen LogP contribution is 2.25. The van der Waals surface area contributed by atoms with Crippen LogP contribution in [0.2, 0.25) is 0 Å². The molecule has 1 amide bonds. The van der Waals surface area contributed by atoms with E-state index in [0.29, 0.717) is 11.5 Å². The van der Waals surface area contributed by atoms with Crippen LogP contribution in [0.5, 0.6) is 0 Å². The molecular formula is C17H24N2O3S. The Kier molecular flexibility index (Phi) is 5.59. The highest BCUT2D eigenvalue weighted by atomic mass is 32.2. The summed E-state index contributed by atoms with van der Waals surface area (Å²) in [5.41, 5.74) is 0.528. The molecule has 0 aliphatic carbocycles. The summed E-state index contributed by atoms with van der Waals surface area (Å²) in [5, 5.41) is 0. The van der Waals surface area contributed by atoms with E-state index in [9.17, 15) is 13.2 Å². The predicted molar refractivity (Wildman–Crippen MR) is 90.7 cm³/mol. The smallest absolute Gasteiger partial charge is 0.254 e. The molecule has 1 fully saturated rings. The van der Waals surface area contributed by atoms with Gasteiger partial charge in [-0.1, -0.05) is 19.9 Å². The number of carbonyl (C=O) groups is 1. The van der Waals surface area contributed by atoms with Crippen molar-refractivity contribution in [3.8, 4) is 0 Å². The Hall–Kier alpha value is -1.66. The fourth-order valence-electron chi connectivity index (χ4n) is 2.93. The molecule has 1 N–H and O–H groups in total. The highest BCUT2D eigenvalue weighted by molar-refractivity contribution is 7.89. The van der Waals surface area contributed by atoms with E-state index in [1.54, 1.807) is 12.1 Å². The second kappa shape index (κ2) is 7.27. The first kappa shape index (κ1) is 17.7. The zero-order valence-corrected chi connectivity index (χ0v) is 14.5. The van der Waals surface area contributed by atoms with Gasteiger partial charge in [0.2, 0.25) is 10.0 Å². The molecule has 1 saturated heterocycles. The number of likely N-dealkylation sites (tertiary alicyclic amines) is 1. The molecular weight excluding hydrogens is 312 g/mol. The summed E-state index contributed by atoms with van der Waals surface area (Å²) in [6.07, 6.45) is 3.53. The first-order valence-corrected chi connectivity index (χ1v) is 9.36. The maximum absolute atomic E-state index is 12.6. The molecule has 1 atom stereocenters. The lowest BCUT2D eigenvalue weighted by Gasteiger charge is -2.27. The number of amides is 1. The van der Waals surface area contributed by atoms with Crippen molar-refractivity contribution in [3.63, 3.8) is 0 Å². The van der Waals surface area contributed by atoms with Gasteiger partial charge in [0.1, 0.15) is 0 Å². The van der Waals surface area contributed by atoms with Crippen molar-refractivity contribution in [3.05, 3.63) is 42.5 Å². The molecule has 0 spiro atoms. The molecule has 0 saturated carbocycles. The summed E-state index contributed by atoms with van der Waals surface area (Å²) in [6, 6.07) is 6.37. The molecule has 6 heteroatoms. The van der Waals surface area contributed by atoms with E-state index in [1.165, 1.54) is 18.2 Å². The van der Waals surface area contributed by atoms with Crippen molar-refractivity contribution >= 4 is 15.9 Å². The van der Waals surface area contributed by atoms with E-state index in [2.05, 4.69) is 25.1 Å². The lowest BCUT2D eigenvalue weighted by molar-refractivity contribution is 0.0701. The van der Waals surface area contributed by atoms with Crippen LogP contribution in [0, 0.1) is 5.92 Å². The van der Waals surface area contributed by atoms with E-state index < -0.39 is 10.0 Å². The Labute approximate surface area is 138 Å². The van der Waals surface area contributed by atoms with Gasteiger partial charge < -0.3 is 4.90 Å². The summed E-state index contributed by atoms with van der Waals surface area (Å²) < 4.78 is 26.4. The van der Waals surface area contributed by atoms with Crippen LogP contribution in [0.1, 0.15) is 37.0 Å². The minimum Gasteiger partial charge on any atom is -0.335 e. The number of sulfonamides is 1. The van der Waals surface area contributed by atoms with E-state index in [0.717, 1.165) is 19.4 Å². The molecule has 23 heavy (non-hydrogen) atoms. The van der Waals surface area contributed by atoms with E-state index in [1.807, 2.05) is 4.90 Å². The van der Waals surface area contributed by atoms with Gasteiger partial charge in [0, 0.05) is 24.7 Å². The zero-order chi connectivity index (χ0) is 17.0. The number of rotatable bonds is 6. The SMILES string of the molecule is C=CCNS(=O)(=O)c1ccc(C(=O)N2CCC[C@@H]2C(C)C)cc1. The fraction of sp³-hybridized carbons (Fsp3) is 0.471. The second-order valence-electron chi connectivity index (χ2n) is 6.12. The lowest BCUT2D eigenvalue weighted by Crippen LogP contribution is -2.38. The molecule has 1 aliphatic heterocycles. The maximum Gasteiger partial charge on any atom is 0.254 e. The molecule has 1 aliphatic rings. The van der Waals surface area contributed by atoms with Gasteiger partial charge in [-0.25, -0.2) is 13.1 Å². The summed E-state index contributed by atoms with van der Waals surface area (Å²) in [6.45, 7) is 8.67. The molecule has 2 rings (SSSR count). The summed E-state index contributed by atoms with van der Waals surface area (Å²) >= 11 is 0. The van der Waals surface area contributed by atoms with Crippen molar-refractivity contribution in [1.29, 1.82) is 0 Å². The monoisotopic (exact) mass is 336 g/mol. The topological polar surface area (TPSA) is 66.5 Å². The maximum atomic E-state index is 12.6. The predicted octanol–water partition coefficient (Wildman–Crippen LogP) is 2.41. The number of nitrogens with one attached hydrogen (secondary N) is 1. The number of hydrogen-bond donors (Lipinski definition) is 1. The van der Waals surface area contributed by atoms with Gasteiger partial charge in [-0.2, -0.15) is 0 Å². The highest BCUT2D eigenvalue weighted by Gasteiger charge is 2.31. The van der Waals surface area contributed by atoms with Crippen LogP contribution in [0.4, 0.5) is 0 Å². The van der Waals surface area contributed by atoms with Gasteiger partial charge in [0.15, 0.2) is 0 Å². The molecule has 126 valence electrons. The van der Waals surface area contributed by atoms with Gasteiger partial charge in [-0.3, -0.25) is 4.79 Å². The van der Waals surface area contributed by atoms with Crippen molar-refractivity contribution in [2.45, 2.75) is 37.6 Å². The third-order valence-corrected chi connectivity index (χ3v) is 5.60. The van der Waals surface area contributed by atoms with Gasteiger partial charge in [-0.05, 0) is 43.0 Å². The number of nitrogens with zero attached hydrogens (tertiary/aromatic N) is 1. The third-order valence-electron chi connectivity index (χ3n) is 4.16. The quantitative estimate of drug-likeness (QED) is 0.811. The number of carbonyl (C=O) groups excluding carboxylic acids is 1. The Bertz CT molecular complexity index is 666. The first-order chi connectivity index (χ1) is 10.9. The van der Waals surface area contributed by atoms with Crippen LogP contribution in [0.15, 0.2) is 41.8 Å². The molecule has 5 nitrogen and oxygen atoms in total. The van der Waals surface area contributed by atoms with Crippen LogP contribution in [0.25, 0.3) is 0 Å². The standard InChI is InChI=1S/C17H24N2O3S/c1-4-11-18-23(21,22)15-9-7-14(8-10-15)17(20)19-12-5-6-16(19)13(2)3/h4,7-10,13,16,18H,1,5-6,11-12H2,2-3H3/t16-/m1/s1. The normalized spacial score (nSPS) is 18.4. The van der Waals surface area contributed by atoms with Crippen molar-refractivity contribution < 1.29 is 13.2 Å². The summed E-state index contributed by atoms with van der Waals surface area (Å²) in [4.78, 5) is 14.7. The Morgan fingerprint density at radius 2 is 2.04 bits per heavy atom. The zero-order valence-electron chi connectivity index (χ0n) is 13.7. The Morgan fingerprint density at radius 3 is 2.61 bits per heavy atom. The van der Waals surface area contributed by atoms with Gasteiger partial charge >= 0.3 is 0 Å². The van der Waals surface area contributed by atoms with Gasteiger partial charge in [0.25, 0.3) is 5.91 Å². The Morgan fingerprint density at radius 1 is 1.39 bits per heavy atom. The van der Waals surface area contributed by atoms with Crippen molar-refractivity contribution in [1.82, 2.24) is 9.62 Å². The molecule has 1 heterocycles. The average Bonchev–Trinajstić information content (AvgIpc) is 3.02. The average molecular weight is 336 g/mol. The number of benzene rings is 1. The number of hydrogen-bond acceptors (Lipinski definition) is 3. The van der Waals surface area contributed by atoms with Crippen molar-refractivity contribution in [2.75, 3.05) is 13.1 Å². The van der Waals surface area contributed by atoms with Crippen LogP contribution in [-0.4, -0.2) is 38.4 Å². The molecule has 1 aromatic carbocycles. The van der Waals surface area contributed by atoms with E-state index >= 15 is 0 Å². The second-order valence-corrected chi connectivity index (χ2v) is 7.88.